The van der Waals surface area contributed by atoms with E-state index in [2.05, 4.69) is 9.88 Å². The zero-order chi connectivity index (χ0) is 16.2. The molecule has 5 nitrogen and oxygen atoms in total. The molecule has 0 aliphatic carbocycles. The number of ether oxygens (including phenoxy) is 1. The van der Waals surface area contributed by atoms with Crippen molar-refractivity contribution in [1.82, 2.24) is 14.5 Å². The summed E-state index contributed by atoms with van der Waals surface area (Å²) in [6.07, 6.45) is -0.650. The fraction of sp³-hybridized carbons (Fsp3) is 0.533. The Morgan fingerprint density at radius 2 is 1.96 bits per heavy atom. The zero-order valence-electron chi connectivity index (χ0n) is 12.6. The number of fused-ring (bicyclic) bond motifs is 1. The van der Waals surface area contributed by atoms with Gasteiger partial charge in [0.1, 0.15) is 0 Å². The van der Waals surface area contributed by atoms with E-state index in [1.165, 1.54) is 0 Å². The van der Waals surface area contributed by atoms with Crippen LogP contribution in [-0.4, -0.2) is 64.3 Å². The smallest absolute Gasteiger partial charge is 0.291 e. The molecule has 1 aromatic carbocycles. The lowest BCUT2D eigenvalue weighted by molar-refractivity contribution is 0.0113. The Morgan fingerprint density at radius 3 is 2.70 bits per heavy atom. The third-order valence-corrected chi connectivity index (χ3v) is 4.48. The quantitative estimate of drug-likeness (QED) is 0.814. The number of aliphatic hydroxyl groups excluding tert-OH is 1. The van der Waals surface area contributed by atoms with Gasteiger partial charge in [0.2, 0.25) is 0 Å². The van der Waals surface area contributed by atoms with Crippen molar-refractivity contribution in [1.29, 1.82) is 0 Å². The number of halogens is 2. The summed E-state index contributed by atoms with van der Waals surface area (Å²) >= 11 is 0.413. The number of hydrogen-bond acceptors (Lipinski definition) is 5. The van der Waals surface area contributed by atoms with Gasteiger partial charge in [0.05, 0.1) is 36.9 Å². The van der Waals surface area contributed by atoms with Gasteiger partial charge in [-0.1, -0.05) is 12.1 Å². The van der Waals surface area contributed by atoms with Gasteiger partial charge in [-0.25, -0.2) is 4.98 Å². The number of thioether (sulfide) groups is 1. The molecule has 8 heteroatoms. The van der Waals surface area contributed by atoms with E-state index in [1.807, 2.05) is 18.2 Å². The summed E-state index contributed by atoms with van der Waals surface area (Å²) in [4.78, 5) is 6.37. The molecule has 1 aliphatic heterocycles. The summed E-state index contributed by atoms with van der Waals surface area (Å²) in [5.41, 5.74) is 1.42. The normalized spacial score (nSPS) is 17.9. The predicted octanol–water partition coefficient (Wildman–Crippen LogP) is 2.04. The SMILES string of the molecule is OC(CN1CCOCC1)Cn1c(SC(F)F)nc2ccccc21. The fourth-order valence-corrected chi connectivity index (χ4v) is 3.36. The molecular weight excluding hydrogens is 324 g/mol. The summed E-state index contributed by atoms with van der Waals surface area (Å²) in [7, 11) is 0. The molecule has 0 saturated carbocycles. The van der Waals surface area contributed by atoms with Crippen LogP contribution in [0.1, 0.15) is 0 Å². The Kier molecular flexibility index (Phi) is 5.47. The van der Waals surface area contributed by atoms with Crippen LogP contribution in [-0.2, 0) is 11.3 Å². The van der Waals surface area contributed by atoms with Gasteiger partial charge in [-0.15, -0.1) is 0 Å². The van der Waals surface area contributed by atoms with Crippen LogP contribution in [0.25, 0.3) is 11.0 Å². The first-order chi connectivity index (χ1) is 11.1. The maximum Gasteiger partial charge on any atom is 0.291 e. The molecule has 126 valence electrons. The van der Waals surface area contributed by atoms with Crippen LogP contribution >= 0.6 is 11.8 Å². The van der Waals surface area contributed by atoms with Crippen LogP contribution in [0.3, 0.4) is 0 Å². The van der Waals surface area contributed by atoms with E-state index in [0.29, 0.717) is 37.0 Å². The molecule has 1 aliphatic rings. The molecule has 2 heterocycles. The Labute approximate surface area is 137 Å². The lowest BCUT2D eigenvalue weighted by Crippen LogP contribution is -2.42. The van der Waals surface area contributed by atoms with Crippen molar-refractivity contribution in [3.8, 4) is 0 Å². The zero-order valence-corrected chi connectivity index (χ0v) is 13.4. The lowest BCUT2D eigenvalue weighted by Gasteiger charge is -2.28. The van der Waals surface area contributed by atoms with Crippen molar-refractivity contribution in [3.05, 3.63) is 24.3 Å². The van der Waals surface area contributed by atoms with E-state index < -0.39 is 11.9 Å². The molecule has 1 saturated heterocycles. The number of aliphatic hydroxyl groups is 1. The van der Waals surface area contributed by atoms with Crippen molar-refractivity contribution in [2.75, 3.05) is 32.8 Å². The molecule has 1 fully saturated rings. The third kappa shape index (κ3) is 4.20. The van der Waals surface area contributed by atoms with Gasteiger partial charge in [-0.3, -0.25) is 4.90 Å². The van der Waals surface area contributed by atoms with Crippen molar-refractivity contribution < 1.29 is 18.6 Å². The summed E-state index contributed by atoms with van der Waals surface area (Å²) in [5, 5.41) is 10.6. The van der Waals surface area contributed by atoms with E-state index >= 15 is 0 Å². The van der Waals surface area contributed by atoms with Crippen LogP contribution in [0.2, 0.25) is 0 Å². The number of rotatable bonds is 6. The van der Waals surface area contributed by atoms with E-state index in [4.69, 9.17) is 4.74 Å². The second kappa shape index (κ2) is 7.57. The standard InChI is InChI=1S/C15H19F2N3O2S/c16-14(17)23-15-18-12-3-1-2-4-13(12)20(15)10-11(21)9-19-5-7-22-8-6-19/h1-4,11,14,21H,5-10H2. The number of aromatic nitrogens is 2. The molecule has 0 bridgehead atoms. The molecule has 0 radical (unpaired) electrons. The number of imidazole rings is 1. The van der Waals surface area contributed by atoms with Crippen molar-refractivity contribution >= 4 is 22.8 Å². The molecule has 3 rings (SSSR count). The highest BCUT2D eigenvalue weighted by Crippen LogP contribution is 2.28. The largest absolute Gasteiger partial charge is 0.390 e. The molecule has 23 heavy (non-hydrogen) atoms. The molecule has 1 unspecified atom stereocenters. The third-order valence-electron chi connectivity index (χ3n) is 3.78. The summed E-state index contributed by atoms with van der Waals surface area (Å²) in [6.45, 7) is 3.61. The van der Waals surface area contributed by atoms with Crippen LogP contribution in [0.4, 0.5) is 8.78 Å². The Bertz CT molecular complexity index is 647. The maximum atomic E-state index is 12.8. The van der Waals surface area contributed by atoms with E-state index in [9.17, 15) is 13.9 Å². The van der Waals surface area contributed by atoms with Gasteiger partial charge in [0, 0.05) is 19.6 Å². The predicted molar refractivity (Wildman–Crippen MR) is 84.9 cm³/mol. The van der Waals surface area contributed by atoms with Crippen LogP contribution < -0.4 is 0 Å². The van der Waals surface area contributed by atoms with Gasteiger partial charge < -0.3 is 14.4 Å². The number of benzene rings is 1. The molecule has 1 aromatic heterocycles. The first kappa shape index (κ1) is 16.6. The van der Waals surface area contributed by atoms with Gasteiger partial charge in [0.15, 0.2) is 5.16 Å². The summed E-state index contributed by atoms with van der Waals surface area (Å²) in [6, 6.07) is 7.28. The second-order valence-electron chi connectivity index (χ2n) is 5.44. The minimum atomic E-state index is -2.54. The molecule has 0 amide bonds. The fourth-order valence-electron chi connectivity index (χ4n) is 2.75. The number of nitrogens with zero attached hydrogens (tertiary/aromatic N) is 3. The molecule has 1 atom stereocenters. The molecule has 1 N–H and O–H groups in total. The topological polar surface area (TPSA) is 50.5 Å². The van der Waals surface area contributed by atoms with Crippen molar-refractivity contribution in [2.24, 2.45) is 0 Å². The highest BCUT2D eigenvalue weighted by molar-refractivity contribution is 7.99. The van der Waals surface area contributed by atoms with Crippen molar-refractivity contribution in [2.45, 2.75) is 23.6 Å². The number of alkyl halides is 2. The first-order valence-corrected chi connectivity index (χ1v) is 8.39. The summed E-state index contributed by atoms with van der Waals surface area (Å²) < 4.78 is 32.5. The Hall–Kier alpha value is -1.22. The maximum absolute atomic E-state index is 12.8. The Balaban J connectivity index is 1.76. The molecule has 0 spiro atoms. The minimum absolute atomic E-state index is 0.238. The minimum Gasteiger partial charge on any atom is -0.390 e. The van der Waals surface area contributed by atoms with Gasteiger partial charge in [-0.2, -0.15) is 8.78 Å². The number of hydrogen-bond donors (Lipinski definition) is 1. The van der Waals surface area contributed by atoms with Gasteiger partial charge in [0.25, 0.3) is 5.76 Å². The highest BCUT2D eigenvalue weighted by atomic mass is 32.2. The first-order valence-electron chi connectivity index (χ1n) is 7.51. The van der Waals surface area contributed by atoms with Gasteiger partial charge >= 0.3 is 0 Å². The second-order valence-corrected chi connectivity index (χ2v) is 6.40. The Morgan fingerprint density at radius 1 is 1.22 bits per heavy atom. The van der Waals surface area contributed by atoms with Crippen LogP contribution in [0, 0.1) is 0 Å². The average Bonchev–Trinajstić information content (AvgIpc) is 2.85. The number of β-amino-alcohol motifs (C(OH)–C–C–N with tert-alkyl or cyclic N) is 1. The number of morpholine rings is 1. The van der Waals surface area contributed by atoms with E-state index in [-0.39, 0.29) is 11.7 Å². The molecular formula is C15H19F2N3O2S. The van der Waals surface area contributed by atoms with Gasteiger partial charge in [-0.05, 0) is 23.9 Å². The summed E-state index contributed by atoms with van der Waals surface area (Å²) in [5.74, 6) is -2.54. The number of para-hydroxylation sites is 2. The van der Waals surface area contributed by atoms with Crippen LogP contribution in [0.5, 0.6) is 0 Å². The van der Waals surface area contributed by atoms with Crippen molar-refractivity contribution in [3.63, 3.8) is 0 Å². The average molecular weight is 343 g/mol. The highest BCUT2D eigenvalue weighted by Gasteiger charge is 2.20. The lowest BCUT2D eigenvalue weighted by atomic mass is 10.2. The van der Waals surface area contributed by atoms with Crippen LogP contribution in [0.15, 0.2) is 29.4 Å². The van der Waals surface area contributed by atoms with E-state index in [1.54, 1.807) is 10.6 Å². The molecule has 2 aromatic rings. The monoisotopic (exact) mass is 343 g/mol. The van der Waals surface area contributed by atoms with E-state index in [0.717, 1.165) is 18.6 Å².